The van der Waals surface area contributed by atoms with E-state index in [1.165, 1.54) is 19.2 Å². The Hall–Kier alpha value is -1.90. The van der Waals surface area contributed by atoms with Crippen molar-refractivity contribution < 1.29 is 17.9 Å². The molecule has 2 rings (SSSR count). The van der Waals surface area contributed by atoms with E-state index in [-0.39, 0.29) is 17.3 Å². The number of hydrogen-bond donors (Lipinski definition) is 2. The molecular weight excluding hydrogens is 408 g/mol. The first-order chi connectivity index (χ1) is 11.9. The third kappa shape index (κ3) is 5.04. The van der Waals surface area contributed by atoms with Gasteiger partial charge in [-0.2, -0.15) is 0 Å². The van der Waals surface area contributed by atoms with E-state index in [2.05, 4.69) is 26.0 Å². The van der Waals surface area contributed by atoms with Crippen LogP contribution in [0.2, 0.25) is 0 Å². The predicted molar refractivity (Wildman–Crippen MR) is 99.2 cm³/mol. The van der Waals surface area contributed by atoms with Crippen molar-refractivity contribution in [1.29, 1.82) is 0 Å². The van der Waals surface area contributed by atoms with E-state index in [1.807, 2.05) is 6.92 Å². The Kier molecular flexibility index (Phi) is 6.57. The van der Waals surface area contributed by atoms with E-state index in [9.17, 15) is 13.2 Å². The van der Waals surface area contributed by atoms with Crippen molar-refractivity contribution in [1.82, 2.24) is 10.0 Å². The minimum Gasteiger partial charge on any atom is -0.496 e. The zero-order valence-corrected chi connectivity index (χ0v) is 16.3. The first-order valence-corrected chi connectivity index (χ1v) is 9.85. The second-order valence-corrected chi connectivity index (χ2v) is 7.80. The maximum Gasteiger partial charge on any atom is 0.251 e. The molecule has 0 radical (unpaired) electrons. The Morgan fingerprint density at radius 1 is 1.16 bits per heavy atom. The zero-order valence-electron chi connectivity index (χ0n) is 13.9. The van der Waals surface area contributed by atoms with Crippen LogP contribution in [0.5, 0.6) is 5.75 Å². The Bertz CT molecular complexity index is 851. The van der Waals surface area contributed by atoms with Gasteiger partial charge in [-0.15, -0.1) is 0 Å². The van der Waals surface area contributed by atoms with Gasteiger partial charge >= 0.3 is 0 Å². The maximum atomic E-state index is 12.4. The summed E-state index contributed by atoms with van der Waals surface area (Å²) in [6.07, 6.45) is 0. The normalized spacial score (nSPS) is 11.2. The van der Waals surface area contributed by atoms with Gasteiger partial charge in [0.2, 0.25) is 10.0 Å². The molecule has 8 heteroatoms. The third-order valence-corrected chi connectivity index (χ3v) is 5.47. The molecular formula is C17H19BrN2O4S. The average molecular weight is 427 g/mol. The summed E-state index contributed by atoms with van der Waals surface area (Å²) in [5.41, 5.74) is 1.29. The van der Waals surface area contributed by atoms with Gasteiger partial charge in [0.05, 0.1) is 16.5 Å². The summed E-state index contributed by atoms with van der Waals surface area (Å²) < 4.78 is 33.0. The van der Waals surface area contributed by atoms with Crippen LogP contribution < -0.4 is 14.8 Å². The second-order valence-electron chi connectivity index (χ2n) is 5.18. The fraction of sp³-hybridized carbons (Fsp3) is 0.235. The van der Waals surface area contributed by atoms with Crippen LogP contribution in [0.4, 0.5) is 0 Å². The Labute approximate surface area is 155 Å². The lowest BCUT2D eigenvalue weighted by Gasteiger charge is -2.09. The molecule has 1 amide bonds. The Morgan fingerprint density at radius 2 is 1.84 bits per heavy atom. The summed E-state index contributed by atoms with van der Waals surface area (Å²) in [5, 5.41) is 2.71. The van der Waals surface area contributed by atoms with E-state index in [1.54, 1.807) is 30.3 Å². The number of benzene rings is 2. The lowest BCUT2D eigenvalue weighted by atomic mass is 10.1. The average Bonchev–Trinajstić information content (AvgIpc) is 2.60. The first kappa shape index (κ1) is 19.4. The van der Waals surface area contributed by atoms with Crippen LogP contribution in [0.1, 0.15) is 22.8 Å². The molecule has 0 saturated heterocycles. The van der Waals surface area contributed by atoms with Crippen LogP contribution in [0.3, 0.4) is 0 Å². The molecule has 25 heavy (non-hydrogen) atoms. The second kappa shape index (κ2) is 8.46. The lowest BCUT2D eigenvalue weighted by Crippen LogP contribution is -2.24. The highest BCUT2D eigenvalue weighted by Crippen LogP contribution is 2.27. The van der Waals surface area contributed by atoms with E-state index in [0.29, 0.717) is 22.3 Å². The molecule has 2 aromatic carbocycles. The molecule has 0 aliphatic rings. The van der Waals surface area contributed by atoms with Crippen LogP contribution in [0.15, 0.2) is 51.8 Å². The van der Waals surface area contributed by atoms with Crippen molar-refractivity contribution in [2.75, 3.05) is 13.7 Å². The summed E-state index contributed by atoms with van der Waals surface area (Å²) in [5.74, 6) is 0.401. The van der Waals surface area contributed by atoms with E-state index < -0.39 is 10.0 Å². The lowest BCUT2D eigenvalue weighted by molar-refractivity contribution is 0.0956. The van der Waals surface area contributed by atoms with Crippen LogP contribution >= 0.6 is 15.9 Å². The predicted octanol–water partition coefficient (Wildman–Crippen LogP) is 2.69. The number of rotatable bonds is 7. The van der Waals surface area contributed by atoms with Crippen molar-refractivity contribution in [3.63, 3.8) is 0 Å². The van der Waals surface area contributed by atoms with Crippen molar-refractivity contribution in [3.8, 4) is 5.75 Å². The first-order valence-electron chi connectivity index (χ1n) is 7.57. The van der Waals surface area contributed by atoms with Gasteiger partial charge in [-0.25, -0.2) is 13.1 Å². The smallest absolute Gasteiger partial charge is 0.251 e. The number of ether oxygens (including phenoxy) is 1. The summed E-state index contributed by atoms with van der Waals surface area (Å²) in [6, 6.07) is 11.3. The number of carbonyl (C=O) groups excluding carboxylic acids is 1. The number of hydrogen-bond acceptors (Lipinski definition) is 4. The summed E-state index contributed by atoms with van der Waals surface area (Å²) >= 11 is 3.27. The van der Waals surface area contributed by atoms with Crippen molar-refractivity contribution >= 4 is 31.9 Å². The molecule has 6 nitrogen and oxygen atoms in total. The van der Waals surface area contributed by atoms with Gasteiger partial charge in [0.1, 0.15) is 5.75 Å². The van der Waals surface area contributed by atoms with Crippen LogP contribution in [0, 0.1) is 0 Å². The van der Waals surface area contributed by atoms with Crippen LogP contribution in [-0.2, 0) is 16.6 Å². The number of sulfonamides is 1. The maximum absolute atomic E-state index is 12.4. The summed E-state index contributed by atoms with van der Waals surface area (Å²) in [4.78, 5) is 11.8. The molecule has 0 unspecified atom stereocenters. The van der Waals surface area contributed by atoms with Gasteiger partial charge in [0, 0.05) is 18.7 Å². The minimum absolute atomic E-state index is 0.127. The molecule has 0 aliphatic heterocycles. The topological polar surface area (TPSA) is 84.5 Å². The van der Waals surface area contributed by atoms with Gasteiger partial charge in [-0.1, -0.05) is 12.1 Å². The number of amides is 1. The minimum atomic E-state index is -3.66. The Balaban J connectivity index is 2.07. The van der Waals surface area contributed by atoms with E-state index in [4.69, 9.17) is 4.74 Å². The van der Waals surface area contributed by atoms with Crippen LogP contribution in [-0.4, -0.2) is 28.0 Å². The molecule has 134 valence electrons. The van der Waals surface area contributed by atoms with Gasteiger partial charge in [-0.05, 0) is 58.7 Å². The van der Waals surface area contributed by atoms with E-state index in [0.717, 1.165) is 5.56 Å². The van der Waals surface area contributed by atoms with Gasteiger partial charge in [0.25, 0.3) is 5.91 Å². The summed E-state index contributed by atoms with van der Waals surface area (Å²) in [7, 11) is -2.14. The molecule has 0 atom stereocenters. The number of halogens is 1. The molecule has 0 aliphatic carbocycles. The van der Waals surface area contributed by atoms with Gasteiger partial charge in [-0.3, -0.25) is 4.79 Å². The van der Waals surface area contributed by atoms with Crippen LogP contribution in [0.25, 0.3) is 0 Å². The highest BCUT2D eigenvalue weighted by Gasteiger charge is 2.15. The largest absolute Gasteiger partial charge is 0.496 e. The third-order valence-electron chi connectivity index (χ3n) is 3.45. The van der Waals surface area contributed by atoms with Crippen molar-refractivity contribution in [3.05, 3.63) is 58.1 Å². The fourth-order valence-electron chi connectivity index (χ4n) is 2.11. The highest BCUT2D eigenvalue weighted by molar-refractivity contribution is 9.10. The monoisotopic (exact) mass is 426 g/mol. The fourth-order valence-corrected chi connectivity index (χ4v) is 3.85. The SMILES string of the molecule is CCNC(=O)c1ccc(CNS(=O)(=O)c2ccc(OC)c(Br)c2)cc1. The zero-order chi connectivity index (χ0) is 18.4. The summed E-state index contributed by atoms with van der Waals surface area (Å²) in [6.45, 7) is 2.53. The van der Waals surface area contributed by atoms with Crippen molar-refractivity contribution in [2.45, 2.75) is 18.4 Å². The number of carbonyl (C=O) groups is 1. The van der Waals surface area contributed by atoms with Gasteiger partial charge in [0.15, 0.2) is 0 Å². The molecule has 0 aromatic heterocycles. The molecule has 0 saturated carbocycles. The quantitative estimate of drug-likeness (QED) is 0.712. The molecule has 0 bridgehead atoms. The van der Waals surface area contributed by atoms with E-state index >= 15 is 0 Å². The van der Waals surface area contributed by atoms with Gasteiger partial charge < -0.3 is 10.1 Å². The molecule has 2 N–H and O–H groups in total. The standard InChI is InChI=1S/C17H19BrN2O4S/c1-3-19-17(21)13-6-4-12(5-7-13)11-20-25(22,23)14-8-9-16(24-2)15(18)10-14/h4-10,20H,3,11H2,1-2H3,(H,19,21). The molecule has 2 aromatic rings. The highest BCUT2D eigenvalue weighted by atomic mass is 79.9. The molecule has 0 spiro atoms. The Morgan fingerprint density at radius 3 is 2.40 bits per heavy atom. The number of methoxy groups -OCH3 is 1. The van der Waals surface area contributed by atoms with Crippen molar-refractivity contribution in [2.24, 2.45) is 0 Å². The molecule has 0 heterocycles. The number of nitrogens with one attached hydrogen (secondary N) is 2. The molecule has 0 fully saturated rings.